The Morgan fingerprint density at radius 3 is 2.39 bits per heavy atom. The fourth-order valence-corrected chi connectivity index (χ4v) is 10.2. The lowest BCUT2D eigenvalue weighted by Gasteiger charge is -2.36. The molecule has 1 heterocycles. The zero-order valence-corrected chi connectivity index (χ0v) is 19.6. The third-order valence-corrected chi connectivity index (χ3v) is 11.6. The number of carbonyl (C=O) groups is 2. The number of amides is 1. The van der Waals surface area contributed by atoms with Crippen LogP contribution in [0.3, 0.4) is 0 Å². The Bertz CT molecular complexity index is 894. The van der Waals surface area contributed by atoms with E-state index in [4.69, 9.17) is 4.89 Å². The molecular weight excluding hydrogens is 409 g/mol. The molecule has 1 unspecified atom stereocenters. The Labute approximate surface area is 185 Å². The molecule has 166 valence electrons. The third kappa shape index (κ3) is 5.53. The summed E-state index contributed by atoms with van der Waals surface area (Å²) in [5.74, 6) is -0.588. The maximum Gasteiger partial charge on any atom is 0.375 e. The minimum atomic E-state index is -1.53. The molecule has 3 rings (SSSR count). The molecule has 0 aromatic heterocycles. The van der Waals surface area contributed by atoms with Crippen LogP contribution in [0.4, 0.5) is 5.69 Å². The van der Waals surface area contributed by atoms with Crippen molar-refractivity contribution >= 4 is 24.8 Å². The number of nitrogens with one attached hydrogen (secondary N) is 1. The molecule has 1 aliphatic rings. The summed E-state index contributed by atoms with van der Waals surface area (Å²) < 4.78 is 0. The van der Waals surface area contributed by atoms with Crippen molar-refractivity contribution in [3.8, 4) is 0 Å². The number of para-hydroxylation sites is 1. The number of aryl methyl sites for hydroxylation is 1. The van der Waals surface area contributed by atoms with Gasteiger partial charge in [-0.05, 0) is 49.8 Å². The van der Waals surface area contributed by atoms with Crippen molar-refractivity contribution in [2.24, 2.45) is 0 Å². The summed E-state index contributed by atoms with van der Waals surface area (Å²) in [6.07, 6.45) is 7.75. The van der Waals surface area contributed by atoms with Gasteiger partial charge in [0.05, 0.1) is 36.8 Å². The number of rotatable bonds is 8. The fraction of sp³-hybridized carbons (Fsp3) is 0.440. The van der Waals surface area contributed by atoms with Crippen molar-refractivity contribution < 1.29 is 19.4 Å². The highest BCUT2D eigenvalue weighted by Crippen LogP contribution is 2.69. The Morgan fingerprint density at radius 2 is 1.74 bits per heavy atom. The van der Waals surface area contributed by atoms with E-state index in [9.17, 15) is 9.59 Å². The number of anilines is 1. The summed E-state index contributed by atoms with van der Waals surface area (Å²) in [6, 6.07) is 15.9. The van der Waals surface area contributed by atoms with Gasteiger partial charge in [-0.1, -0.05) is 49.4 Å². The maximum atomic E-state index is 13.7. The first-order chi connectivity index (χ1) is 15.0. The highest BCUT2D eigenvalue weighted by atomic mass is 31.2. The van der Waals surface area contributed by atoms with Gasteiger partial charge in [0.25, 0.3) is 5.91 Å². The first kappa shape index (κ1) is 23.4. The maximum absolute atomic E-state index is 13.7. The van der Waals surface area contributed by atoms with Crippen LogP contribution >= 0.6 is 7.26 Å². The van der Waals surface area contributed by atoms with Gasteiger partial charge in [0.2, 0.25) is 0 Å². The highest BCUT2D eigenvalue weighted by Gasteiger charge is 2.49. The van der Waals surface area contributed by atoms with E-state index in [1.807, 2.05) is 19.1 Å². The van der Waals surface area contributed by atoms with Gasteiger partial charge in [0.1, 0.15) is 5.66 Å². The lowest BCUT2D eigenvalue weighted by Crippen LogP contribution is -2.35. The summed E-state index contributed by atoms with van der Waals surface area (Å²) in [4.78, 5) is 35.3. The van der Waals surface area contributed by atoms with Gasteiger partial charge >= 0.3 is 5.97 Å². The van der Waals surface area contributed by atoms with E-state index in [2.05, 4.69) is 41.4 Å². The van der Waals surface area contributed by atoms with Crippen LogP contribution in [-0.4, -0.2) is 37.0 Å². The zero-order chi connectivity index (χ0) is 22.3. The molecule has 0 aliphatic carbocycles. The van der Waals surface area contributed by atoms with Gasteiger partial charge in [-0.2, -0.15) is 4.89 Å². The first-order valence-corrected chi connectivity index (χ1v) is 13.5. The van der Waals surface area contributed by atoms with Crippen LogP contribution in [0.1, 0.15) is 54.1 Å². The molecule has 1 atom stereocenters. The molecule has 0 saturated carbocycles. The molecule has 1 amide bonds. The molecule has 0 spiro atoms. The molecule has 1 aliphatic heterocycles. The highest BCUT2D eigenvalue weighted by molar-refractivity contribution is 7.76. The smallest absolute Gasteiger partial charge is 0.322 e. The normalized spacial score (nSPS) is 16.4. The van der Waals surface area contributed by atoms with Crippen LogP contribution in [-0.2, 0) is 20.7 Å². The van der Waals surface area contributed by atoms with Crippen LogP contribution in [0, 0.1) is 6.92 Å². The molecule has 0 bridgehead atoms. The molecule has 6 heteroatoms. The van der Waals surface area contributed by atoms with Crippen molar-refractivity contribution in [2.45, 2.75) is 51.4 Å². The predicted octanol–water partition coefficient (Wildman–Crippen LogP) is 5.83. The number of carbonyl (C=O) groups excluding carboxylic acids is 2. The van der Waals surface area contributed by atoms with Crippen LogP contribution < -0.4 is 5.32 Å². The van der Waals surface area contributed by atoms with Crippen molar-refractivity contribution in [3.63, 3.8) is 0 Å². The second kappa shape index (κ2) is 10.9. The van der Waals surface area contributed by atoms with Crippen LogP contribution in [0.2, 0.25) is 0 Å². The Morgan fingerprint density at radius 1 is 1.03 bits per heavy atom. The average Bonchev–Trinajstić information content (AvgIpc) is 2.77. The van der Waals surface area contributed by atoms with Gasteiger partial charge < -0.3 is 5.32 Å². The topological polar surface area (TPSA) is 64.6 Å². The molecule has 1 saturated heterocycles. The largest absolute Gasteiger partial charge is 0.375 e. The molecule has 1 N–H and O–H groups in total. The third-order valence-electron chi connectivity index (χ3n) is 6.30. The van der Waals surface area contributed by atoms with E-state index in [-0.39, 0.29) is 11.6 Å². The van der Waals surface area contributed by atoms with Crippen LogP contribution in [0.5, 0.6) is 0 Å². The summed E-state index contributed by atoms with van der Waals surface area (Å²) in [5.41, 5.74) is 2.95. The Balaban J connectivity index is 1.90. The van der Waals surface area contributed by atoms with Gasteiger partial charge in [-0.25, -0.2) is 4.79 Å². The Hall–Kier alpha value is -2.23. The van der Waals surface area contributed by atoms with E-state index < -0.39 is 13.2 Å². The molecule has 2 aromatic rings. The lowest BCUT2D eigenvalue weighted by molar-refractivity contribution is -0.216. The monoisotopic (exact) mass is 442 g/mol. The predicted molar refractivity (Wildman–Crippen MR) is 127 cm³/mol. The van der Waals surface area contributed by atoms with E-state index in [1.54, 1.807) is 12.1 Å². The van der Waals surface area contributed by atoms with E-state index >= 15 is 0 Å². The summed E-state index contributed by atoms with van der Waals surface area (Å²) >= 11 is 0. The summed E-state index contributed by atoms with van der Waals surface area (Å²) in [7, 11) is -0.243. The van der Waals surface area contributed by atoms with E-state index in [1.165, 1.54) is 31.9 Å². The van der Waals surface area contributed by atoms with Crippen molar-refractivity contribution in [1.29, 1.82) is 0 Å². The van der Waals surface area contributed by atoms with Crippen molar-refractivity contribution in [3.05, 3.63) is 65.2 Å². The van der Waals surface area contributed by atoms with Gasteiger partial charge in [0, 0.05) is 7.26 Å². The SMILES string of the molecule is CCC(C(=O)Nc1c(C)cccc1C(=O)OOC)[P+]1(Cc2ccccc2)CCCCC1. The zero-order valence-electron chi connectivity index (χ0n) is 18.7. The molecule has 2 aromatic carbocycles. The molecular formula is C25H33NO4P+. The molecule has 1 fully saturated rings. The second-order valence-electron chi connectivity index (χ2n) is 8.32. The number of hydrogen-bond donors (Lipinski definition) is 1. The summed E-state index contributed by atoms with van der Waals surface area (Å²) in [5, 5.41) is 3.11. The Kier molecular flexibility index (Phi) is 8.22. The minimum Gasteiger partial charge on any atom is -0.322 e. The van der Waals surface area contributed by atoms with Crippen molar-refractivity contribution in [1.82, 2.24) is 0 Å². The standard InChI is InChI=1S/C25H32NO4P/c1-4-22(31(16-9-6-10-17-31)18-20-13-7-5-8-14-20)24(27)26-23-19(2)12-11-15-21(23)25(28)30-29-3/h5,7-8,11-15,22H,4,6,9-10,16-18H2,1-3H3/p+1. The van der Waals surface area contributed by atoms with Crippen LogP contribution in [0.15, 0.2) is 48.5 Å². The number of benzene rings is 2. The number of hydrogen-bond acceptors (Lipinski definition) is 4. The second-order valence-corrected chi connectivity index (χ2v) is 12.6. The van der Waals surface area contributed by atoms with Crippen molar-refractivity contribution in [2.75, 3.05) is 24.8 Å². The average molecular weight is 443 g/mol. The molecule has 31 heavy (non-hydrogen) atoms. The van der Waals surface area contributed by atoms with E-state index in [0.717, 1.165) is 30.5 Å². The van der Waals surface area contributed by atoms with Gasteiger partial charge in [-0.3, -0.25) is 9.68 Å². The quantitative estimate of drug-likeness (QED) is 0.317. The minimum absolute atomic E-state index is 0.0226. The molecule has 0 radical (unpaired) electrons. The summed E-state index contributed by atoms with van der Waals surface area (Å²) in [6.45, 7) is 4.00. The fourth-order valence-electron chi connectivity index (χ4n) is 4.82. The first-order valence-electron chi connectivity index (χ1n) is 11.1. The van der Waals surface area contributed by atoms with Crippen LogP contribution in [0.25, 0.3) is 0 Å². The van der Waals surface area contributed by atoms with E-state index in [0.29, 0.717) is 11.3 Å². The van der Waals surface area contributed by atoms with Gasteiger partial charge in [-0.15, -0.1) is 0 Å². The van der Waals surface area contributed by atoms with Gasteiger partial charge in [0.15, 0.2) is 0 Å². The molecule has 5 nitrogen and oxygen atoms in total. The lowest BCUT2D eigenvalue weighted by atomic mass is 10.1.